The second kappa shape index (κ2) is 8.09. The maximum absolute atomic E-state index is 13.7. The largest absolute Gasteiger partial charge is 0.370 e. The molecule has 2 rings (SSSR count). The van der Waals surface area contributed by atoms with Crippen molar-refractivity contribution in [3.63, 3.8) is 0 Å². The van der Waals surface area contributed by atoms with Gasteiger partial charge in [-0.3, -0.25) is 0 Å². The van der Waals surface area contributed by atoms with E-state index >= 15 is 0 Å². The van der Waals surface area contributed by atoms with Gasteiger partial charge in [0.1, 0.15) is 18.0 Å². The fourth-order valence-corrected chi connectivity index (χ4v) is 2.51. The van der Waals surface area contributed by atoms with E-state index in [9.17, 15) is 9.65 Å². The number of allylic oxidation sites excluding steroid dienone is 2. The van der Waals surface area contributed by atoms with E-state index in [2.05, 4.69) is 10.3 Å². The third-order valence-corrected chi connectivity index (χ3v) is 3.98. The Bertz CT molecular complexity index is 809. The summed E-state index contributed by atoms with van der Waals surface area (Å²) in [6, 6.07) is 11.7. The summed E-state index contributed by atoms with van der Waals surface area (Å²) < 4.78 is 13.7. The molecule has 0 saturated heterocycles. The van der Waals surface area contributed by atoms with Crippen LogP contribution >= 0.6 is 22.9 Å². The van der Waals surface area contributed by atoms with E-state index in [4.69, 9.17) is 16.9 Å². The zero-order valence-corrected chi connectivity index (χ0v) is 13.3. The molecule has 7 heteroatoms. The van der Waals surface area contributed by atoms with E-state index in [1.54, 1.807) is 6.07 Å². The van der Waals surface area contributed by atoms with Gasteiger partial charge in [0.15, 0.2) is 11.4 Å². The van der Waals surface area contributed by atoms with Gasteiger partial charge in [0.25, 0.3) is 0 Å². The summed E-state index contributed by atoms with van der Waals surface area (Å²) in [7, 11) is 0. The van der Waals surface area contributed by atoms with Gasteiger partial charge in [0, 0.05) is 28.2 Å². The predicted molar refractivity (Wildman–Crippen MR) is 88.4 cm³/mol. The molecule has 0 spiro atoms. The van der Waals surface area contributed by atoms with Crippen molar-refractivity contribution < 1.29 is 4.39 Å². The van der Waals surface area contributed by atoms with Crippen LogP contribution in [0, 0.1) is 28.5 Å². The lowest BCUT2D eigenvalue weighted by atomic mass is 10.2. The average Bonchev–Trinajstić information content (AvgIpc) is 3.06. The monoisotopic (exact) mass is 344 g/mol. The average molecular weight is 345 g/mol. The molecule has 1 aromatic carbocycles. The topological polar surface area (TPSA) is 72.0 Å². The number of aliphatic imine (C=N–C) groups is 1. The summed E-state index contributed by atoms with van der Waals surface area (Å²) in [5, 5.41) is 23.2. The Hall–Kier alpha value is -2.67. The van der Waals surface area contributed by atoms with E-state index in [0.717, 1.165) is 4.88 Å². The van der Waals surface area contributed by atoms with E-state index in [1.165, 1.54) is 29.7 Å². The quantitative estimate of drug-likeness (QED) is 0.658. The van der Waals surface area contributed by atoms with Gasteiger partial charge in [0.2, 0.25) is 0 Å². The Morgan fingerprint density at radius 1 is 1.30 bits per heavy atom. The van der Waals surface area contributed by atoms with Crippen molar-refractivity contribution in [1.82, 2.24) is 5.32 Å². The first kappa shape index (κ1) is 16.7. The number of hydrogen-bond donors (Lipinski definition) is 1. The number of rotatable bonds is 5. The fourth-order valence-electron chi connectivity index (χ4n) is 1.70. The highest BCUT2D eigenvalue weighted by Crippen LogP contribution is 2.19. The van der Waals surface area contributed by atoms with Gasteiger partial charge in [0.05, 0.1) is 0 Å². The minimum absolute atomic E-state index is 0.0197. The van der Waals surface area contributed by atoms with Crippen molar-refractivity contribution in [1.29, 1.82) is 10.5 Å². The van der Waals surface area contributed by atoms with Crippen molar-refractivity contribution in [3.8, 4) is 12.1 Å². The number of benzene rings is 1. The molecule has 0 aliphatic rings. The Kier molecular flexibility index (Phi) is 5.87. The van der Waals surface area contributed by atoms with Crippen LogP contribution in [-0.2, 0) is 6.54 Å². The minimum atomic E-state index is -0.483. The van der Waals surface area contributed by atoms with Gasteiger partial charge >= 0.3 is 0 Å². The molecule has 0 amide bonds. The molecule has 4 nitrogen and oxygen atoms in total. The molecule has 0 saturated carbocycles. The molecule has 1 heterocycles. The van der Waals surface area contributed by atoms with Crippen LogP contribution in [0.1, 0.15) is 10.4 Å². The first-order valence-corrected chi connectivity index (χ1v) is 7.70. The molecule has 1 aromatic heterocycles. The van der Waals surface area contributed by atoms with Crippen LogP contribution in [0.3, 0.4) is 0 Å². The van der Waals surface area contributed by atoms with Crippen LogP contribution in [0.4, 0.5) is 4.39 Å². The van der Waals surface area contributed by atoms with Crippen LogP contribution in [0.2, 0.25) is 5.02 Å². The van der Waals surface area contributed by atoms with E-state index in [0.29, 0.717) is 0 Å². The van der Waals surface area contributed by atoms with Crippen LogP contribution in [-0.4, -0.2) is 6.21 Å². The molecule has 114 valence electrons. The third-order valence-electron chi connectivity index (χ3n) is 2.82. The molecule has 0 radical (unpaired) electrons. The van der Waals surface area contributed by atoms with Crippen molar-refractivity contribution in [2.45, 2.75) is 6.54 Å². The van der Waals surface area contributed by atoms with E-state index < -0.39 is 5.82 Å². The fraction of sp³-hybridized carbons (Fsp3) is 0.0625. The highest BCUT2D eigenvalue weighted by atomic mass is 35.5. The van der Waals surface area contributed by atoms with Gasteiger partial charge in [-0.1, -0.05) is 23.7 Å². The summed E-state index contributed by atoms with van der Waals surface area (Å²) in [6.45, 7) is -0.0197. The van der Waals surface area contributed by atoms with Crippen LogP contribution in [0.5, 0.6) is 0 Å². The lowest BCUT2D eigenvalue weighted by Crippen LogP contribution is -2.14. The SMILES string of the molecule is N#C/C(N=Cc1cccs1)=C(/C#N)NCc1c(F)cccc1Cl. The third kappa shape index (κ3) is 4.40. The van der Waals surface area contributed by atoms with Gasteiger partial charge in [-0.2, -0.15) is 10.5 Å². The molecule has 0 fully saturated rings. The maximum Gasteiger partial charge on any atom is 0.174 e. The van der Waals surface area contributed by atoms with Crippen molar-refractivity contribution in [2.75, 3.05) is 0 Å². The number of nitrogens with zero attached hydrogens (tertiary/aromatic N) is 3. The Morgan fingerprint density at radius 3 is 2.74 bits per heavy atom. The molecule has 2 aromatic rings. The zero-order valence-electron chi connectivity index (χ0n) is 11.8. The summed E-state index contributed by atoms with van der Waals surface area (Å²) in [6.07, 6.45) is 1.50. The maximum atomic E-state index is 13.7. The molecule has 23 heavy (non-hydrogen) atoms. The number of hydrogen-bond acceptors (Lipinski definition) is 5. The van der Waals surface area contributed by atoms with Crippen LogP contribution < -0.4 is 5.32 Å². The second-order valence-corrected chi connectivity index (χ2v) is 5.66. The molecule has 1 N–H and O–H groups in total. The number of halogens is 2. The molecule has 0 aliphatic heterocycles. The van der Waals surface area contributed by atoms with E-state index in [-0.39, 0.29) is 28.5 Å². The van der Waals surface area contributed by atoms with Crippen LogP contribution in [0.25, 0.3) is 0 Å². The predicted octanol–water partition coefficient (Wildman–Crippen LogP) is 4.01. The number of nitriles is 2. The first-order valence-electron chi connectivity index (χ1n) is 6.44. The molecule has 0 atom stereocenters. The second-order valence-electron chi connectivity index (χ2n) is 4.27. The Labute approximate surface area is 141 Å². The standard InChI is InChI=1S/C16H10ClFN4S/c17-13-4-1-5-14(18)12(13)10-22-16(8-20)15(7-19)21-9-11-3-2-6-23-11/h1-6,9,22H,10H2/b16-15+,21-9?. The molecule has 0 bridgehead atoms. The van der Waals surface area contributed by atoms with Gasteiger partial charge in [-0.05, 0) is 23.6 Å². The number of nitrogens with one attached hydrogen (secondary N) is 1. The van der Waals surface area contributed by atoms with Crippen molar-refractivity contribution in [2.24, 2.45) is 4.99 Å². The van der Waals surface area contributed by atoms with Crippen LogP contribution in [0.15, 0.2) is 52.1 Å². The summed E-state index contributed by atoms with van der Waals surface area (Å²) >= 11 is 7.38. The Balaban J connectivity index is 2.20. The first-order chi connectivity index (χ1) is 11.2. The Morgan fingerprint density at radius 2 is 2.13 bits per heavy atom. The van der Waals surface area contributed by atoms with Gasteiger partial charge in [-0.15, -0.1) is 11.3 Å². The molecule has 0 unspecified atom stereocenters. The highest BCUT2D eigenvalue weighted by Gasteiger charge is 2.10. The lowest BCUT2D eigenvalue weighted by molar-refractivity contribution is 0.602. The summed E-state index contributed by atoms with van der Waals surface area (Å²) in [4.78, 5) is 4.86. The van der Waals surface area contributed by atoms with Crippen molar-refractivity contribution >= 4 is 29.2 Å². The minimum Gasteiger partial charge on any atom is -0.370 e. The molecular weight excluding hydrogens is 335 g/mol. The van der Waals surface area contributed by atoms with Gasteiger partial charge < -0.3 is 5.32 Å². The molecular formula is C16H10ClFN4S. The smallest absolute Gasteiger partial charge is 0.174 e. The molecule has 0 aliphatic carbocycles. The highest BCUT2D eigenvalue weighted by molar-refractivity contribution is 7.11. The lowest BCUT2D eigenvalue weighted by Gasteiger charge is -2.08. The number of thiophene rings is 1. The van der Waals surface area contributed by atoms with Gasteiger partial charge in [-0.25, -0.2) is 9.38 Å². The van der Waals surface area contributed by atoms with Crippen molar-refractivity contribution in [3.05, 3.63) is 68.4 Å². The summed E-state index contributed by atoms with van der Waals surface area (Å²) in [5.41, 5.74) is 0.106. The zero-order chi connectivity index (χ0) is 16.7. The summed E-state index contributed by atoms with van der Waals surface area (Å²) in [5.74, 6) is -0.483. The van der Waals surface area contributed by atoms with E-state index in [1.807, 2.05) is 29.7 Å². The normalized spacial score (nSPS) is 11.7.